The molecule has 6 nitrogen and oxygen atoms in total. The number of rotatable bonds is 7. The van der Waals surface area contributed by atoms with Gasteiger partial charge in [-0.15, -0.1) is 0 Å². The number of ether oxygens (including phenoxy) is 1. The van der Waals surface area contributed by atoms with Gasteiger partial charge in [-0.1, -0.05) is 29.8 Å². The topological polar surface area (TPSA) is 84.7 Å². The molecule has 0 saturated carbocycles. The minimum atomic E-state index is -0.273. The van der Waals surface area contributed by atoms with Crippen molar-refractivity contribution in [2.75, 3.05) is 18.5 Å². The number of likely N-dealkylation sites (tertiary alicyclic amines) is 1. The van der Waals surface area contributed by atoms with Crippen molar-refractivity contribution < 1.29 is 14.3 Å². The standard InChI is InChI=1S/C21H25N3O3/c1-15-7-9-18(10-8-15)27-14-20(25)23-17-5-2-4-16(12-17)13-24-11-3-6-19(24)21(22)26/h2,4-5,7-10,12,19H,3,6,11,13-14H2,1H3,(H2,22,26)(H,23,25). The molecule has 0 spiro atoms. The van der Waals surface area contributed by atoms with Crippen LogP contribution in [0.1, 0.15) is 24.0 Å². The Morgan fingerprint density at radius 1 is 1.22 bits per heavy atom. The van der Waals surface area contributed by atoms with Crippen LogP contribution in [0.5, 0.6) is 5.75 Å². The van der Waals surface area contributed by atoms with Crippen LogP contribution in [-0.2, 0) is 16.1 Å². The summed E-state index contributed by atoms with van der Waals surface area (Å²) in [5.74, 6) is 0.171. The van der Waals surface area contributed by atoms with Crippen LogP contribution in [0.15, 0.2) is 48.5 Å². The number of amides is 2. The fourth-order valence-corrected chi connectivity index (χ4v) is 3.30. The first kappa shape index (κ1) is 18.9. The molecule has 0 bridgehead atoms. The summed E-state index contributed by atoms with van der Waals surface area (Å²) >= 11 is 0. The molecule has 27 heavy (non-hydrogen) atoms. The van der Waals surface area contributed by atoms with Crippen LogP contribution >= 0.6 is 0 Å². The zero-order valence-corrected chi connectivity index (χ0v) is 15.5. The van der Waals surface area contributed by atoms with E-state index in [4.69, 9.17) is 10.5 Å². The van der Waals surface area contributed by atoms with Gasteiger partial charge in [0.05, 0.1) is 6.04 Å². The number of nitrogens with one attached hydrogen (secondary N) is 1. The Bertz CT molecular complexity index is 805. The lowest BCUT2D eigenvalue weighted by molar-refractivity contribution is -0.122. The summed E-state index contributed by atoms with van der Waals surface area (Å²) in [5.41, 5.74) is 8.35. The van der Waals surface area contributed by atoms with Crippen molar-refractivity contribution in [3.05, 3.63) is 59.7 Å². The Kier molecular flexibility index (Phi) is 6.08. The molecule has 2 aromatic carbocycles. The number of aryl methyl sites for hydroxylation is 1. The molecule has 1 aliphatic heterocycles. The molecule has 0 radical (unpaired) electrons. The third-order valence-corrected chi connectivity index (χ3v) is 4.68. The van der Waals surface area contributed by atoms with Crippen LogP contribution in [-0.4, -0.2) is 35.9 Å². The second-order valence-electron chi connectivity index (χ2n) is 6.88. The quantitative estimate of drug-likeness (QED) is 0.787. The molecule has 1 atom stereocenters. The van der Waals surface area contributed by atoms with E-state index in [1.807, 2.05) is 55.5 Å². The minimum Gasteiger partial charge on any atom is -0.484 e. The summed E-state index contributed by atoms with van der Waals surface area (Å²) in [6.45, 7) is 3.44. The summed E-state index contributed by atoms with van der Waals surface area (Å²) in [5, 5.41) is 2.85. The molecule has 1 aliphatic rings. The van der Waals surface area contributed by atoms with Gasteiger partial charge in [0, 0.05) is 12.2 Å². The maximum absolute atomic E-state index is 12.1. The van der Waals surface area contributed by atoms with E-state index in [1.165, 1.54) is 0 Å². The van der Waals surface area contributed by atoms with E-state index in [9.17, 15) is 9.59 Å². The van der Waals surface area contributed by atoms with Gasteiger partial charge in [-0.2, -0.15) is 0 Å². The van der Waals surface area contributed by atoms with Crippen molar-refractivity contribution in [2.45, 2.75) is 32.4 Å². The molecule has 2 aromatic rings. The van der Waals surface area contributed by atoms with E-state index in [-0.39, 0.29) is 24.5 Å². The Balaban J connectivity index is 1.54. The van der Waals surface area contributed by atoms with Crippen molar-refractivity contribution in [3.63, 3.8) is 0 Å². The van der Waals surface area contributed by atoms with Gasteiger partial charge in [0.2, 0.25) is 5.91 Å². The summed E-state index contributed by atoms with van der Waals surface area (Å²) < 4.78 is 5.50. The first-order valence-corrected chi connectivity index (χ1v) is 9.13. The molecule has 142 valence electrons. The van der Waals surface area contributed by atoms with Crippen molar-refractivity contribution in [3.8, 4) is 5.75 Å². The Morgan fingerprint density at radius 2 is 2.00 bits per heavy atom. The highest BCUT2D eigenvalue weighted by Gasteiger charge is 2.28. The molecule has 6 heteroatoms. The second kappa shape index (κ2) is 8.68. The van der Waals surface area contributed by atoms with Crippen LogP contribution < -0.4 is 15.8 Å². The van der Waals surface area contributed by atoms with Gasteiger partial charge in [0.1, 0.15) is 5.75 Å². The average molecular weight is 367 g/mol. The second-order valence-corrected chi connectivity index (χ2v) is 6.88. The van der Waals surface area contributed by atoms with Crippen LogP contribution in [0.3, 0.4) is 0 Å². The van der Waals surface area contributed by atoms with Gasteiger partial charge in [-0.05, 0) is 56.1 Å². The fourth-order valence-electron chi connectivity index (χ4n) is 3.30. The average Bonchev–Trinajstić information content (AvgIpc) is 3.10. The number of carbonyl (C=O) groups excluding carboxylic acids is 2. The molecular weight excluding hydrogens is 342 g/mol. The number of hydrogen-bond donors (Lipinski definition) is 2. The lowest BCUT2D eigenvalue weighted by Gasteiger charge is -2.22. The number of anilines is 1. The van der Waals surface area contributed by atoms with E-state index in [0.29, 0.717) is 18.0 Å². The first-order valence-electron chi connectivity index (χ1n) is 9.13. The fraction of sp³-hybridized carbons (Fsp3) is 0.333. The lowest BCUT2D eigenvalue weighted by atomic mass is 10.1. The van der Waals surface area contributed by atoms with E-state index >= 15 is 0 Å². The summed E-state index contributed by atoms with van der Waals surface area (Å²) in [6, 6.07) is 15.0. The maximum atomic E-state index is 12.1. The zero-order valence-electron chi connectivity index (χ0n) is 15.5. The SMILES string of the molecule is Cc1ccc(OCC(=O)Nc2cccc(CN3CCCC3C(N)=O)c2)cc1. The predicted molar refractivity (Wildman–Crippen MR) is 104 cm³/mol. The van der Waals surface area contributed by atoms with Crippen LogP contribution in [0.4, 0.5) is 5.69 Å². The molecule has 1 unspecified atom stereocenters. The number of nitrogens with zero attached hydrogens (tertiary/aromatic N) is 1. The smallest absolute Gasteiger partial charge is 0.262 e. The Morgan fingerprint density at radius 3 is 2.74 bits per heavy atom. The van der Waals surface area contributed by atoms with E-state index in [1.54, 1.807) is 0 Å². The molecule has 1 fully saturated rings. The number of nitrogens with two attached hydrogens (primary N) is 1. The number of carbonyl (C=O) groups is 2. The molecule has 1 saturated heterocycles. The summed E-state index contributed by atoms with van der Waals surface area (Å²) in [7, 11) is 0. The van der Waals surface area contributed by atoms with Crippen molar-refractivity contribution in [2.24, 2.45) is 5.73 Å². The van der Waals surface area contributed by atoms with Crippen LogP contribution in [0, 0.1) is 6.92 Å². The number of primary amides is 1. The minimum absolute atomic E-state index is 0.0524. The zero-order chi connectivity index (χ0) is 19.2. The van der Waals surface area contributed by atoms with Crippen LogP contribution in [0.25, 0.3) is 0 Å². The van der Waals surface area contributed by atoms with Crippen molar-refractivity contribution in [1.82, 2.24) is 4.90 Å². The Labute approximate surface area is 159 Å². The molecular formula is C21H25N3O3. The molecule has 3 rings (SSSR count). The van der Waals surface area contributed by atoms with E-state index in [2.05, 4.69) is 10.2 Å². The highest BCUT2D eigenvalue weighted by atomic mass is 16.5. The van der Waals surface area contributed by atoms with Gasteiger partial charge in [-0.25, -0.2) is 0 Å². The van der Waals surface area contributed by atoms with Crippen molar-refractivity contribution in [1.29, 1.82) is 0 Å². The highest BCUT2D eigenvalue weighted by molar-refractivity contribution is 5.91. The molecule has 2 amide bonds. The van der Waals surface area contributed by atoms with Gasteiger partial charge in [0.25, 0.3) is 5.91 Å². The molecule has 3 N–H and O–H groups in total. The predicted octanol–water partition coefficient (Wildman–Crippen LogP) is 2.46. The molecule has 0 aromatic heterocycles. The Hall–Kier alpha value is -2.86. The summed E-state index contributed by atoms with van der Waals surface area (Å²) in [6.07, 6.45) is 1.78. The van der Waals surface area contributed by atoms with Gasteiger partial charge in [0.15, 0.2) is 6.61 Å². The first-order chi connectivity index (χ1) is 13.0. The maximum Gasteiger partial charge on any atom is 0.262 e. The normalized spacial score (nSPS) is 16.9. The van der Waals surface area contributed by atoms with E-state index in [0.717, 1.165) is 30.5 Å². The third kappa shape index (κ3) is 5.31. The highest BCUT2D eigenvalue weighted by Crippen LogP contribution is 2.21. The molecule has 1 heterocycles. The van der Waals surface area contributed by atoms with Crippen LogP contribution in [0.2, 0.25) is 0 Å². The van der Waals surface area contributed by atoms with Crippen molar-refractivity contribution >= 4 is 17.5 Å². The largest absolute Gasteiger partial charge is 0.484 e. The third-order valence-electron chi connectivity index (χ3n) is 4.68. The summed E-state index contributed by atoms with van der Waals surface area (Å²) in [4.78, 5) is 25.8. The number of benzene rings is 2. The van der Waals surface area contributed by atoms with Gasteiger partial charge in [-0.3, -0.25) is 14.5 Å². The van der Waals surface area contributed by atoms with Gasteiger partial charge >= 0.3 is 0 Å². The molecule has 0 aliphatic carbocycles. The van der Waals surface area contributed by atoms with Gasteiger partial charge < -0.3 is 15.8 Å². The lowest BCUT2D eigenvalue weighted by Crippen LogP contribution is -2.39. The van der Waals surface area contributed by atoms with E-state index < -0.39 is 0 Å². The monoisotopic (exact) mass is 367 g/mol. The number of hydrogen-bond acceptors (Lipinski definition) is 4.